The fourth-order valence-electron chi connectivity index (χ4n) is 1.35. The summed E-state index contributed by atoms with van der Waals surface area (Å²) in [7, 11) is 2.12. The van der Waals surface area contributed by atoms with Crippen LogP contribution in [0.3, 0.4) is 0 Å². The average molecular weight is 205 g/mol. The molecule has 1 aromatic heterocycles. The molecule has 15 heavy (non-hydrogen) atoms. The first kappa shape index (κ1) is 11.9. The quantitative estimate of drug-likeness (QED) is 0.537. The van der Waals surface area contributed by atoms with E-state index in [9.17, 15) is 0 Å². The Kier molecular flexibility index (Phi) is 5.66. The standard InChI is InChI=1S/C12H19N3/c1-3-6-13-9-10-15(2)11-12-4-7-14-8-5-12/h3-5,7-8,13H,1,6,9-11H2,2H3. The van der Waals surface area contributed by atoms with E-state index in [1.165, 1.54) is 5.56 Å². The summed E-state index contributed by atoms with van der Waals surface area (Å²) in [4.78, 5) is 6.28. The van der Waals surface area contributed by atoms with Gasteiger partial charge in [0.25, 0.3) is 0 Å². The van der Waals surface area contributed by atoms with Crippen molar-refractivity contribution in [1.82, 2.24) is 15.2 Å². The third-order valence-electron chi connectivity index (χ3n) is 2.16. The molecule has 0 spiro atoms. The van der Waals surface area contributed by atoms with E-state index in [-0.39, 0.29) is 0 Å². The normalized spacial score (nSPS) is 10.5. The lowest BCUT2D eigenvalue weighted by Gasteiger charge is -2.16. The minimum atomic E-state index is 0.878. The van der Waals surface area contributed by atoms with E-state index < -0.39 is 0 Å². The molecule has 0 atom stereocenters. The molecular weight excluding hydrogens is 186 g/mol. The summed E-state index contributed by atoms with van der Waals surface area (Å²) in [6.07, 6.45) is 5.54. The first-order valence-corrected chi connectivity index (χ1v) is 5.22. The van der Waals surface area contributed by atoms with Crippen LogP contribution in [0.4, 0.5) is 0 Å². The zero-order valence-corrected chi connectivity index (χ0v) is 9.32. The lowest BCUT2D eigenvalue weighted by Crippen LogP contribution is -2.28. The smallest absolute Gasteiger partial charge is 0.0271 e. The van der Waals surface area contributed by atoms with Crippen molar-refractivity contribution < 1.29 is 0 Å². The third-order valence-corrected chi connectivity index (χ3v) is 2.16. The highest BCUT2D eigenvalue weighted by Gasteiger charge is 1.98. The van der Waals surface area contributed by atoms with Gasteiger partial charge in [-0.15, -0.1) is 6.58 Å². The van der Waals surface area contributed by atoms with E-state index in [2.05, 4.69) is 28.8 Å². The summed E-state index contributed by atoms with van der Waals surface area (Å²) < 4.78 is 0. The summed E-state index contributed by atoms with van der Waals surface area (Å²) >= 11 is 0. The summed E-state index contributed by atoms with van der Waals surface area (Å²) in [5, 5.41) is 3.28. The Labute approximate surface area is 91.8 Å². The zero-order valence-electron chi connectivity index (χ0n) is 9.32. The van der Waals surface area contributed by atoms with Crippen LogP contribution in [-0.4, -0.2) is 36.6 Å². The van der Waals surface area contributed by atoms with E-state index in [0.29, 0.717) is 0 Å². The monoisotopic (exact) mass is 205 g/mol. The molecular formula is C12H19N3. The van der Waals surface area contributed by atoms with Crippen LogP contribution < -0.4 is 5.32 Å². The first-order valence-electron chi connectivity index (χ1n) is 5.22. The largest absolute Gasteiger partial charge is 0.312 e. The Hall–Kier alpha value is -1.19. The van der Waals surface area contributed by atoms with Crippen LogP contribution in [0.5, 0.6) is 0 Å². The van der Waals surface area contributed by atoms with Gasteiger partial charge in [-0.1, -0.05) is 6.08 Å². The van der Waals surface area contributed by atoms with E-state index in [1.807, 2.05) is 30.6 Å². The van der Waals surface area contributed by atoms with Crippen molar-refractivity contribution in [2.24, 2.45) is 0 Å². The molecule has 0 aliphatic rings. The van der Waals surface area contributed by atoms with Gasteiger partial charge >= 0.3 is 0 Å². The number of nitrogens with zero attached hydrogens (tertiary/aromatic N) is 2. The Morgan fingerprint density at radius 1 is 1.47 bits per heavy atom. The summed E-state index contributed by atoms with van der Waals surface area (Å²) in [6.45, 7) is 7.54. The maximum Gasteiger partial charge on any atom is 0.0271 e. The Morgan fingerprint density at radius 2 is 2.20 bits per heavy atom. The Bertz CT molecular complexity index is 271. The molecule has 3 heteroatoms. The van der Waals surface area contributed by atoms with E-state index >= 15 is 0 Å². The predicted molar refractivity (Wildman–Crippen MR) is 63.6 cm³/mol. The summed E-state index contributed by atoms with van der Waals surface area (Å²) in [5.74, 6) is 0. The number of hydrogen-bond donors (Lipinski definition) is 1. The number of hydrogen-bond acceptors (Lipinski definition) is 3. The molecule has 0 aromatic carbocycles. The minimum Gasteiger partial charge on any atom is -0.312 e. The number of likely N-dealkylation sites (N-methyl/N-ethyl adjacent to an activating group) is 1. The Balaban J connectivity index is 2.18. The second-order valence-electron chi connectivity index (χ2n) is 3.59. The van der Waals surface area contributed by atoms with Gasteiger partial charge in [-0.2, -0.15) is 0 Å². The van der Waals surface area contributed by atoms with Crippen LogP contribution >= 0.6 is 0 Å². The summed E-state index contributed by atoms with van der Waals surface area (Å²) in [5.41, 5.74) is 1.30. The highest BCUT2D eigenvalue weighted by atomic mass is 15.1. The lowest BCUT2D eigenvalue weighted by molar-refractivity contribution is 0.326. The number of rotatable bonds is 7. The zero-order chi connectivity index (χ0) is 10.9. The van der Waals surface area contributed by atoms with Gasteiger partial charge in [0, 0.05) is 38.6 Å². The van der Waals surface area contributed by atoms with E-state index in [4.69, 9.17) is 0 Å². The van der Waals surface area contributed by atoms with Gasteiger partial charge in [-0.25, -0.2) is 0 Å². The molecule has 1 aromatic rings. The number of nitrogens with one attached hydrogen (secondary N) is 1. The van der Waals surface area contributed by atoms with E-state index in [0.717, 1.165) is 26.2 Å². The molecule has 1 heterocycles. The van der Waals surface area contributed by atoms with Gasteiger partial charge in [0.2, 0.25) is 0 Å². The number of aromatic nitrogens is 1. The average Bonchev–Trinajstić information content (AvgIpc) is 2.26. The molecule has 0 amide bonds. The van der Waals surface area contributed by atoms with Crippen LogP contribution in [0.2, 0.25) is 0 Å². The fraction of sp³-hybridized carbons (Fsp3) is 0.417. The van der Waals surface area contributed by atoms with Crippen LogP contribution in [0, 0.1) is 0 Å². The molecule has 0 aliphatic carbocycles. The molecule has 0 saturated heterocycles. The highest BCUT2D eigenvalue weighted by Crippen LogP contribution is 1.99. The van der Waals surface area contributed by atoms with Gasteiger partial charge in [0.15, 0.2) is 0 Å². The molecule has 82 valence electrons. The van der Waals surface area contributed by atoms with Crippen molar-refractivity contribution >= 4 is 0 Å². The van der Waals surface area contributed by atoms with Gasteiger partial charge in [0.1, 0.15) is 0 Å². The molecule has 0 unspecified atom stereocenters. The maximum absolute atomic E-state index is 4.00. The maximum atomic E-state index is 4.00. The highest BCUT2D eigenvalue weighted by molar-refractivity contribution is 5.09. The van der Waals surface area contributed by atoms with Gasteiger partial charge in [0.05, 0.1) is 0 Å². The molecule has 0 aliphatic heterocycles. The Morgan fingerprint density at radius 3 is 2.87 bits per heavy atom. The van der Waals surface area contributed by atoms with Crippen molar-refractivity contribution in [2.75, 3.05) is 26.7 Å². The van der Waals surface area contributed by atoms with Crippen molar-refractivity contribution in [3.05, 3.63) is 42.7 Å². The second-order valence-corrected chi connectivity index (χ2v) is 3.59. The van der Waals surface area contributed by atoms with Crippen LogP contribution in [0.25, 0.3) is 0 Å². The molecule has 0 bridgehead atoms. The topological polar surface area (TPSA) is 28.2 Å². The van der Waals surface area contributed by atoms with Crippen molar-refractivity contribution in [3.8, 4) is 0 Å². The van der Waals surface area contributed by atoms with Crippen LogP contribution in [0.15, 0.2) is 37.2 Å². The molecule has 1 rings (SSSR count). The SMILES string of the molecule is C=CCNCCN(C)Cc1ccncc1. The minimum absolute atomic E-state index is 0.878. The van der Waals surface area contributed by atoms with Crippen molar-refractivity contribution in [3.63, 3.8) is 0 Å². The molecule has 0 saturated carbocycles. The molecule has 3 nitrogen and oxygen atoms in total. The summed E-state index contributed by atoms with van der Waals surface area (Å²) in [6, 6.07) is 4.10. The first-order chi connectivity index (χ1) is 7.33. The van der Waals surface area contributed by atoms with Crippen LogP contribution in [-0.2, 0) is 6.54 Å². The molecule has 0 radical (unpaired) electrons. The predicted octanol–water partition coefficient (Wildman–Crippen LogP) is 1.29. The van der Waals surface area contributed by atoms with Crippen molar-refractivity contribution in [2.45, 2.75) is 6.54 Å². The van der Waals surface area contributed by atoms with Gasteiger partial charge < -0.3 is 10.2 Å². The van der Waals surface area contributed by atoms with Crippen molar-refractivity contribution in [1.29, 1.82) is 0 Å². The van der Waals surface area contributed by atoms with Gasteiger partial charge in [-0.3, -0.25) is 4.98 Å². The van der Waals surface area contributed by atoms with Gasteiger partial charge in [-0.05, 0) is 24.7 Å². The fourth-order valence-corrected chi connectivity index (χ4v) is 1.35. The lowest BCUT2D eigenvalue weighted by atomic mass is 10.2. The second kappa shape index (κ2) is 7.15. The molecule has 1 N–H and O–H groups in total. The molecule has 0 fully saturated rings. The third kappa shape index (κ3) is 5.30. The number of pyridine rings is 1. The van der Waals surface area contributed by atoms with E-state index in [1.54, 1.807) is 0 Å². The van der Waals surface area contributed by atoms with Crippen LogP contribution in [0.1, 0.15) is 5.56 Å².